The van der Waals surface area contributed by atoms with Gasteiger partial charge in [-0.15, -0.1) is 0 Å². The van der Waals surface area contributed by atoms with Crippen LogP contribution in [0.15, 0.2) is 53.5 Å². The Morgan fingerprint density at radius 1 is 1.12 bits per heavy atom. The van der Waals surface area contributed by atoms with Gasteiger partial charge in [0.15, 0.2) is 5.96 Å². The number of hydrogen-bond acceptors (Lipinski definition) is 3. The van der Waals surface area contributed by atoms with E-state index < -0.39 is 0 Å². The van der Waals surface area contributed by atoms with E-state index >= 15 is 0 Å². The highest BCUT2D eigenvalue weighted by Gasteiger charge is 2.01. The molecule has 0 aromatic heterocycles. The molecule has 0 saturated heterocycles. The summed E-state index contributed by atoms with van der Waals surface area (Å²) in [5, 5.41) is 9.23. The number of aliphatic imine (C=N–C) groups is 1. The molecule has 0 bridgehead atoms. The number of hydrogen-bond donors (Lipinski definition) is 3. The van der Waals surface area contributed by atoms with Crippen molar-refractivity contribution in [3.05, 3.63) is 59.7 Å². The Bertz CT molecular complexity index is 742. The van der Waals surface area contributed by atoms with Crippen molar-refractivity contribution in [3.8, 4) is 5.75 Å². The molecule has 0 atom stereocenters. The summed E-state index contributed by atoms with van der Waals surface area (Å²) in [6.45, 7) is 5.33. The van der Waals surface area contributed by atoms with Crippen LogP contribution in [0.25, 0.3) is 0 Å². The average molecular weight is 354 g/mol. The lowest BCUT2D eigenvalue weighted by molar-refractivity contribution is -0.114. The molecule has 0 unspecified atom stereocenters. The number of nitrogens with one attached hydrogen (secondary N) is 3. The predicted octanol–water partition coefficient (Wildman–Crippen LogP) is 2.70. The minimum atomic E-state index is -0.0823. The number of rotatable bonds is 7. The van der Waals surface area contributed by atoms with Gasteiger partial charge in [0.2, 0.25) is 5.91 Å². The summed E-state index contributed by atoms with van der Waals surface area (Å²) in [4.78, 5) is 15.3. The number of amides is 1. The van der Waals surface area contributed by atoms with Crippen LogP contribution in [0, 0.1) is 6.92 Å². The summed E-state index contributed by atoms with van der Waals surface area (Å²) in [6.07, 6.45) is 0. The molecular formula is C20H26N4O2. The van der Waals surface area contributed by atoms with Crippen LogP contribution >= 0.6 is 0 Å². The van der Waals surface area contributed by atoms with Gasteiger partial charge in [0.05, 0.1) is 6.54 Å². The van der Waals surface area contributed by atoms with Gasteiger partial charge in [0.1, 0.15) is 12.4 Å². The fourth-order valence-electron chi connectivity index (χ4n) is 2.34. The minimum absolute atomic E-state index is 0.0823. The second kappa shape index (κ2) is 10.1. The van der Waals surface area contributed by atoms with E-state index in [0.29, 0.717) is 25.7 Å². The Kier molecular flexibility index (Phi) is 7.49. The number of ether oxygens (including phenoxy) is 1. The zero-order valence-corrected chi connectivity index (χ0v) is 15.5. The largest absolute Gasteiger partial charge is 0.492 e. The maximum atomic E-state index is 11.1. The second-order valence-corrected chi connectivity index (χ2v) is 5.90. The van der Waals surface area contributed by atoms with Gasteiger partial charge in [-0.05, 0) is 36.8 Å². The Balaban J connectivity index is 1.73. The molecule has 2 aromatic rings. The first-order chi connectivity index (χ1) is 12.6. The highest BCUT2D eigenvalue weighted by Crippen LogP contribution is 2.11. The van der Waals surface area contributed by atoms with E-state index in [4.69, 9.17) is 4.74 Å². The van der Waals surface area contributed by atoms with Crippen molar-refractivity contribution >= 4 is 17.6 Å². The third kappa shape index (κ3) is 6.84. The summed E-state index contributed by atoms with van der Waals surface area (Å²) in [7, 11) is 1.73. The molecule has 1 amide bonds. The Morgan fingerprint density at radius 2 is 1.88 bits per heavy atom. The standard InChI is InChI=1S/C20H26N4O2/c1-15-7-9-19(10-8-15)26-12-11-22-20(21-3)23-14-17-5-4-6-18(13-17)24-16(2)25/h4-10,13H,11-12,14H2,1-3H3,(H,24,25)(H2,21,22,23). The highest BCUT2D eigenvalue weighted by atomic mass is 16.5. The van der Waals surface area contributed by atoms with Crippen molar-refractivity contribution < 1.29 is 9.53 Å². The first-order valence-electron chi connectivity index (χ1n) is 8.57. The molecule has 0 aliphatic rings. The third-order valence-electron chi connectivity index (χ3n) is 3.62. The fraction of sp³-hybridized carbons (Fsp3) is 0.300. The van der Waals surface area contributed by atoms with Crippen molar-refractivity contribution in [1.82, 2.24) is 10.6 Å². The highest BCUT2D eigenvalue weighted by molar-refractivity contribution is 5.88. The smallest absolute Gasteiger partial charge is 0.221 e. The summed E-state index contributed by atoms with van der Waals surface area (Å²) < 4.78 is 5.69. The molecule has 6 nitrogen and oxygen atoms in total. The van der Waals surface area contributed by atoms with Crippen molar-refractivity contribution in [2.45, 2.75) is 20.4 Å². The molecular weight excluding hydrogens is 328 g/mol. The van der Waals surface area contributed by atoms with Gasteiger partial charge in [-0.1, -0.05) is 29.8 Å². The molecule has 0 spiro atoms. The van der Waals surface area contributed by atoms with Crippen LogP contribution in [0.2, 0.25) is 0 Å². The third-order valence-corrected chi connectivity index (χ3v) is 3.62. The molecule has 2 rings (SSSR count). The van der Waals surface area contributed by atoms with Gasteiger partial charge in [0, 0.05) is 26.2 Å². The quantitative estimate of drug-likeness (QED) is 0.406. The van der Waals surface area contributed by atoms with Crippen LogP contribution in [0.3, 0.4) is 0 Å². The van der Waals surface area contributed by atoms with E-state index in [2.05, 4.69) is 20.9 Å². The molecule has 26 heavy (non-hydrogen) atoms. The number of carbonyl (C=O) groups is 1. The molecule has 6 heteroatoms. The molecule has 0 aliphatic carbocycles. The van der Waals surface area contributed by atoms with Crippen LogP contribution in [-0.4, -0.2) is 32.1 Å². The summed E-state index contributed by atoms with van der Waals surface area (Å²) in [5.41, 5.74) is 3.05. The molecule has 0 aliphatic heterocycles. The van der Waals surface area contributed by atoms with Crippen molar-refractivity contribution in [2.24, 2.45) is 4.99 Å². The van der Waals surface area contributed by atoms with Crippen LogP contribution in [0.5, 0.6) is 5.75 Å². The zero-order chi connectivity index (χ0) is 18.8. The Labute approximate surface area is 154 Å². The SMILES string of the molecule is CN=C(NCCOc1ccc(C)cc1)NCc1cccc(NC(C)=O)c1. The summed E-state index contributed by atoms with van der Waals surface area (Å²) >= 11 is 0. The van der Waals surface area contributed by atoms with E-state index in [1.807, 2.05) is 55.5 Å². The number of guanidine groups is 1. The van der Waals surface area contributed by atoms with Gasteiger partial charge < -0.3 is 20.7 Å². The van der Waals surface area contributed by atoms with Crippen molar-refractivity contribution in [3.63, 3.8) is 0 Å². The maximum Gasteiger partial charge on any atom is 0.221 e. The van der Waals surface area contributed by atoms with Crippen LogP contribution in [0.4, 0.5) is 5.69 Å². The first-order valence-corrected chi connectivity index (χ1v) is 8.57. The van der Waals surface area contributed by atoms with Crippen LogP contribution in [0.1, 0.15) is 18.1 Å². The van der Waals surface area contributed by atoms with E-state index in [1.165, 1.54) is 12.5 Å². The van der Waals surface area contributed by atoms with Gasteiger partial charge in [-0.3, -0.25) is 9.79 Å². The molecule has 0 saturated carbocycles. The lowest BCUT2D eigenvalue weighted by atomic mass is 10.2. The lowest BCUT2D eigenvalue weighted by Crippen LogP contribution is -2.38. The van der Waals surface area contributed by atoms with E-state index in [1.54, 1.807) is 7.05 Å². The van der Waals surface area contributed by atoms with Gasteiger partial charge in [-0.2, -0.15) is 0 Å². The molecule has 0 heterocycles. The lowest BCUT2D eigenvalue weighted by Gasteiger charge is -2.13. The van der Waals surface area contributed by atoms with Crippen LogP contribution in [-0.2, 0) is 11.3 Å². The first kappa shape index (κ1) is 19.3. The van der Waals surface area contributed by atoms with Crippen LogP contribution < -0.4 is 20.7 Å². The second-order valence-electron chi connectivity index (χ2n) is 5.90. The Hall–Kier alpha value is -3.02. The number of aryl methyl sites for hydroxylation is 1. The van der Waals surface area contributed by atoms with Gasteiger partial charge in [0.25, 0.3) is 0 Å². The number of nitrogens with zero attached hydrogens (tertiary/aromatic N) is 1. The number of carbonyl (C=O) groups excluding carboxylic acids is 1. The molecule has 0 fully saturated rings. The number of anilines is 1. The number of benzene rings is 2. The van der Waals surface area contributed by atoms with E-state index in [0.717, 1.165) is 17.0 Å². The Morgan fingerprint density at radius 3 is 2.58 bits per heavy atom. The predicted molar refractivity (Wildman–Crippen MR) is 106 cm³/mol. The normalized spacial score (nSPS) is 11.0. The van der Waals surface area contributed by atoms with E-state index in [-0.39, 0.29) is 5.91 Å². The summed E-state index contributed by atoms with van der Waals surface area (Å²) in [5.74, 6) is 1.47. The minimum Gasteiger partial charge on any atom is -0.492 e. The molecule has 2 aromatic carbocycles. The van der Waals surface area contributed by atoms with Gasteiger partial charge in [-0.25, -0.2) is 0 Å². The average Bonchev–Trinajstić information content (AvgIpc) is 2.62. The fourth-order valence-corrected chi connectivity index (χ4v) is 2.34. The maximum absolute atomic E-state index is 11.1. The monoisotopic (exact) mass is 354 g/mol. The van der Waals surface area contributed by atoms with Crippen molar-refractivity contribution in [1.29, 1.82) is 0 Å². The zero-order valence-electron chi connectivity index (χ0n) is 15.5. The summed E-state index contributed by atoms with van der Waals surface area (Å²) in [6, 6.07) is 15.7. The topological polar surface area (TPSA) is 74.8 Å². The van der Waals surface area contributed by atoms with Gasteiger partial charge >= 0.3 is 0 Å². The molecule has 0 radical (unpaired) electrons. The van der Waals surface area contributed by atoms with Crippen molar-refractivity contribution in [2.75, 3.05) is 25.5 Å². The molecule has 3 N–H and O–H groups in total. The van der Waals surface area contributed by atoms with E-state index in [9.17, 15) is 4.79 Å². The molecule has 138 valence electrons.